The zero-order chi connectivity index (χ0) is 13.5. The monoisotopic (exact) mass is 276 g/mol. The van der Waals surface area contributed by atoms with Gasteiger partial charge in [-0.3, -0.25) is 0 Å². The van der Waals surface area contributed by atoms with Crippen molar-refractivity contribution >= 4 is 11.3 Å². The second kappa shape index (κ2) is 7.38. The minimum atomic E-state index is 0.657. The highest BCUT2D eigenvalue weighted by Crippen LogP contribution is 2.25. The zero-order valence-electron chi connectivity index (χ0n) is 11.5. The van der Waals surface area contributed by atoms with Gasteiger partial charge in [-0.05, 0) is 18.5 Å². The molecule has 0 aliphatic rings. The molecule has 1 N–H and O–H groups in total. The number of aromatic nitrogens is 1. The highest BCUT2D eigenvalue weighted by Gasteiger charge is 2.04. The Hall–Kier alpha value is -1.23. The summed E-state index contributed by atoms with van der Waals surface area (Å²) in [5, 5.41) is 4.48. The lowest BCUT2D eigenvalue weighted by molar-refractivity contribution is 0.185. The van der Waals surface area contributed by atoms with E-state index in [1.165, 1.54) is 16.0 Å². The molecule has 0 saturated carbocycles. The van der Waals surface area contributed by atoms with E-state index in [0.717, 1.165) is 24.5 Å². The van der Waals surface area contributed by atoms with Crippen molar-refractivity contribution in [1.82, 2.24) is 10.3 Å². The van der Waals surface area contributed by atoms with Gasteiger partial charge in [0.15, 0.2) is 0 Å². The summed E-state index contributed by atoms with van der Waals surface area (Å²) in [5.41, 5.74) is 2.36. The van der Waals surface area contributed by atoms with Crippen LogP contribution in [0.25, 0.3) is 10.6 Å². The maximum atomic E-state index is 5.11. The Morgan fingerprint density at radius 3 is 2.74 bits per heavy atom. The summed E-state index contributed by atoms with van der Waals surface area (Å²) in [4.78, 5) is 5.77. The van der Waals surface area contributed by atoms with Crippen molar-refractivity contribution in [3.8, 4) is 10.6 Å². The summed E-state index contributed by atoms with van der Waals surface area (Å²) in [7, 11) is 1.71. The van der Waals surface area contributed by atoms with Crippen molar-refractivity contribution in [3.05, 3.63) is 40.9 Å². The fourth-order valence-corrected chi connectivity index (χ4v) is 2.71. The minimum Gasteiger partial charge on any atom is -0.380 e. The lowest BCUT2D eigenvalue weighted by Gasteiger charge is -2.01. The van der Waals surface area contributed by atoms with Gasteiger partial charge in [0.2, 0.25) is 0 Å². The van der Waals surface area contributed by atoms with Crippen LogP contribution in [0.5, 0.6) is 0 Å². The smallest absolute Gasteiger partial charge is 0.123 e. The number of thiazole rings is 1. The highest BCUT2D eigenvalue weighted by atomic mass is 32.1. The molecule has 102 valence electrons. The highest BCUT2D eigenvalue weighted by molar-refractivity contribution is 7.15. The molecule has 0 radical (unpaired) electrons. The molecule has 4 heteroatoms. The lowest BCUT2D eigenvalue weighted by Crippen LogP contribution is -2.12. The molecule has 0 amide bonds. The Balaban J connectivity index is 2.01. The molecule has 0 aliphatic heterocycles. The van der Waals surface area contributed by atoms with Crippen LogP contribution in [0.3, 0.4) is 0 Å². The van der Waals surface area contributed by atoms with Crippen LogP contribution in [-0.4, -0.2) is 18.6 Å². The third-order valence-corrected chi connectivity index (χ3v) is 3.84. The van der Waals surface area contributed by atoms with Crippen molar-refractivity contribution in [3.63, 3.8) is 0 Å². The number of ether oxygens (including phenoxy) is 1. The largest absolute Gasteiger partial charge is 0.380 e. The van der Waals surface area contributed by atoms with Crippen molar-refractivity contribution in [2.75, 3.05) is 13.7 Å². The number of methoxy groups -OCH3 is 1. The molecule has 2 rings (SSSR count). The molecule has 0 bridgehead atoms. The van der Waals surface area contributed by atoms with E-state index in [2.05, 4.69) is 41.5 Å². The normalized spacial score (nSPS) is 10.8. The third kappa shape index (κ3) is 4.13. The number of hydrogen-bond donors (Lipinski definition) is 1. The van der Waals surface area contributed by atoms with Gasteiger partial charge in [-0.15, -0.1) is 11.3 Å². The average molecular weight is 276 g/mol. The predicted molar refractivity (Wildman–Crippen MR) is 80.3 cm³/mol. The van der Waals surface area contributed by atoms with E-state index in [0.29, 0.717) is 6.61 Å². The van der Waals surface area contributed by atoms with E-state index in [1.54, 1.807) is 18.4 Å². The Labute approximate surface area is 118 Å². The van der Waals surface area contributed by atoms with Crippen LogP contribution in [0.2, 0.25) is 0 Å². The van der Waals surface area contributed by atoms with Crippen LogP contribution in [0, 0.1) is 0 Å². The standard InChI is InChI=1S/C15H20N2OS/c1-3-8-16-9-14-10-17-15(19-14)13-6-4-12(5-7-13)11-18-2/h4-7,10,16H,3,8-9,11H2,1-2H3. The summed E-state index contributed by atoms with van der Waals surface area (Å²) in [6, 6.07) is 8.40. The zero-order valence-corrected chi connectivity index (χ0v) is 12.3. The third-order valence-electron chi connectivity index (χ3n) is 2.79. The van der Waals surface area contributed by atoms with Crippen molar-refractivity contribution < 1.29 is 4.74 Å². The quantitative estimate of drug-likeness (QED) is 0.786. The topological polar surface area (TPSA) is 34.2 Å². The Kier molecular flexibility index (Phi) is 5.51. The van der Waals surface area contributed by atoms with Crippen LogP contribution < -0.4 is 5.32 Å². The molecule has 1 aromatic carbocycles. The van der Waals surface area contributed by atoms with Crippen molar-refractivity contribution in [2.45, 2.75) is 26.5 Å². The van der Waals surface area contributed by atoms with Gasteiger partial charge in [-0.2, -0.15) is 0 Å². The minimum absolute atomic E-state index is 0.657. The molecule has 0 spiro atoms. The summed E-state index contributed by atoms with van der Waals surface area (Å²) < 4.78 is 5.11. The van der Waals surface area contributed by atoms with Crippen LogP contribution in [0.1, 0.15) is 23.8 Å². The first kappa shape index (κ1) is 14.2. The first-order valence-electron chi connectivity index (χ1n) is 6.57. The van der Waals surface area contributed by atoms with E-state index < -0.39 is 0 Å². The van der Waals surface area contributed by atoms with Crippen LogP contribution in [0.15, 0.2) is 30.5 Å². The Morgan fingerprint density at radius 2 is 2.05 bits per heavy atom. The summed E-state index contributed by atoms with van der Waals surface area (Å²) >= 11 is 1.75. The molecule has 2 aromatic rings. The number of hydrogen-bond acceptors (Lipinski definition) is 4. The van der Waals surface area contributed by atoms with Gasteiger partial charge in [0.25, 0.3) is 0 Å². The molecule has 19 heavy (non-hydrogen) atoms. The first-order valence-corrected chi connectivity index (χ1v) is 7.38. The van der Waals surface area contributed by atoms with Gasteiger partial charge in [0, 0.05) is 30.3 Å². The van der Waals surface area contributed by atoms with E-state index in [-0.39, 0.29) is 0 Å². The summed E-state index contributed by atoms with van der Waals surface area (Å²) in [5.74, 6) is 0. The predicted octanol–water partition coefficient (Wildman–Crippen LogP) is 3.46. The Bertz CT molecular complexity index is 493. The van der Waals surface area contributed by atoms with Crippen LogP contribution in [0.4, 0.5) is 0 Å². The average Bonchev–Trinajstić information content (AvgIpc) is 2.89. The number of benzene rings is 1. The fraction of sp³-hybridized carbons (Fsp3) is 0.400. The molecule has 0 atom stereocenters. The lowest BCUT2D eigenvalue weighted by atomic mass is 10.1. The molecule has 3 nitrogen and oxygen atoms in total. The van der Waals surface area contributed by atoms with Gasteiger partial charge >= 0.3 is 0 Å². The van der Waals surface area contributed by atoms with E-state index >= 15 is 0 Å². The van der Waals surface area contributed by atoms with Gasteiger partial charge in [0.1, 0.15) is 5.01 Å². The number of nitrogens with zero attached hydrogens (tertiary/aromatic N) is 1. The van der Waals surface area contributed by atoms with Crippen molar-refractivity contribution in [1.29, 1.82) is 0 Å². The van der Waals surface area contributed by atoms with Gasteiger partial charge in [-0.25, -0.2) is 4.98 Å². The van der Waals surface area contributed by atoms with Crippen LogP contribution in [-0.2, 0) is 17.9 Å². The van der Waals surface area contributed by atoms with Crippen molar-refractivity contribution in [2.24, 2.45) is 0 Å². The maximum absolute atomic E-state index is 5.11. The van der Waals surface area contributed by atoms with Gasteiger partial charge in [0.05, 0.1) is 6.61 Å². The van der Waals surface area contributed by atoms with E-state index in [1.807, 2.05) is 6.20 Å². The fourth-order valence-electron chi connectivity index (χ4n) is 1.82. The van der Waals surface area contributed by atoms with Gasteiger partial charge in [-0.1, -0.05) is 31.2 Å². The molecular formula is C15H20N2OS. The molecule has 1 heterocycles. The molecule has 0 unspecified atom stereocenters. The summed E-state index contributed by atoms with van der Waals surface area (Å²) in [6.07, 6.45) is 3.12. The van der Waals surface area contributed by atoms with Crippen LogP contribution >= 0.6 is 11.3 Å². The molecule has 0 aliphatic carbocycles. The SMILES string of the molecule is CCCNCc1cnc(-c2ccc(COC)cc2)s1. The first-order chi connectivity index (χ1) is 9.33. The second-order valence-corrected chi connectivity index (χ2v) is 5.55. The van der Waals surface area contributed by atoms with E-state index in [4.69, 9.17) is 4.74 Å². The molecule has 0 fully saturated rings. The van der Waals surface area contributed by atoms with E-state index in [9.17, 15) is 0 Å². The molecule has 0 saturated heterocycles. The number of rotatable bonds is 7. The molecular weight excluding hydrogens is 256 g/mol. The maximum Gasteiger partial charge on any atom is 0.123 e. The number of nitrogens with one attached hydrogen (secondary N) is 1. The second-order valence-electron chi connectivity index (χ2n) is 4.44. The Morgan fingerprint density at radius 1 is 1.26 bits per heavy atom. The molecule has 1 aromatic heterocycles. The van der Waals surface area contributed by atoms with Gasteiger partial charge < -0.3 is 10.1 Å². The summed E-state index contributed by atoms with van der Waals surface area (Å²) in [6.45, 7) is 4.79.